The van der Waals surface area contributed by atoms with Crippen molar-refractivity contribution in [1.29, 1.82) is 0 Å². The van der Waals surface area contributed by atoms with Crippen LogP contribution in [-0.4, -0.2) is 9.55 Å². The fourth-order valence-corrected chi connectivity index (χ4v) is 9.95. The summed E-state index contributed by atoms with van der Waals surface area (Å²) >= 11 is 0. The molecule has 1 heterocycles. The lowest BCUT2D eigenvalue weighted by Crippen LogP contribution is -2.33. The number of hydrogen-bond donors (Lipinski definition) is 0. The Labute approximate surface area is 346 Å². The number of para-hydroxylation sites is 2. The van der Waals surface area contributed by atoms with Gasteiger partial charge in [0.2, 0.25) is 0 Å². The van der Waals surface area contributed by atoms with E-state index in [2.05, 4.69) is 187 Å². The summed E-state index contributed by atoms with van der Waals surface area (Å²) in [5, 5.41) is 7.90. The zero-order valence-corrected chi connectivity index (χ0v) is 33.4. The number of imidazole rings is 1. The minimum Gasteiger partial charge on any atom is -0.296 e. The van der Waals surface area contributed by atoms with Crippen LogP contribution in [0.3, 0.4) is 0 Å². The van der Waals surface area contributed by atoms with Gasteiger partial charge in [0.15, 0.2) is 0 Å². The molecule has 1 atom stereocenters. The lowest BCUT2D eigenvalue weighted by molar-refractivity contribution is 0.767. The lowest BCUT2D eigenvalue weighted by atomic mass is 9.80. The van der Waals surface area contributed by atoms with Gasteiger partial charge in [0.1, 0.15) is 5.82 Å². The Morgan fingerprint density at radius 3 is 2.32 bits per heavy atom. The topological polar surface area (TPSA) is 17.8 Å². The Hall–Kier alpha value is -6.77. The Kier molecular flexibility index (Phi) is 8.92. The second-order valence-corrected chi connectivity index (χ2v) is 16.4. The quantitative estimate of drug-likeness (QED) is 0.141. The van der Waals surface area contributed by atoms with Crippen LogP contribution < -0.4 is 10.4 Å². The molecule has 0 N–H and O–H groups in total. The third-order valence-corrected chi connectivity index (χ3v) is 12.8. The van der Waals surface area contributed by atoms with Gasteiger partial charge in [-0.3, -0.25) is 4.57 Å². The number of hydrogen-bond acceptors (Lipinski definition) is 1. The molecule has 0 radical (unpaired) electrons. The number of fused-ring (bicyclic) bond motifs is 6. The average Bonchev–Trinajstić information content (AvgIpc) is 3.68. The van der Waals surface area contributed by atoms with Crippen LogP contribution in [0, 0.1) is 0 Å². The van der Waals surface area contributed by atoms with Gasteiger partial charge in [-0.1, -0.05) is 146 Å². The van der Waals surface area contributed by atoms with Gasteiger partial charge in [0.25, 0.3) is 0 Å². The number of allylic oxidation sites excluding steroid dienone is 4. The summed E-state index contributed by atoms with van der Waals surface area (Å²) in [4.78, 5) is 5.23. The molecule has 3 aliphatic rings. The monoisotopic (exact) mass is 758 g/mol. The molecule has 7 aromatic carbocycles. The molecule has 59 heavy (non-hydrogen) atoms. The predicted molar refractivity (Wildman–Crippen MR) is 252 cm³/mol. The van der Waals surface area contributed by atoms with Crippen molar-refractivity contribution in [1.82, 2.24) is 9.55 Å². The standard InChI is InChI=1S/C57H46N2/c1-2-39(57-58-53-25-12-13-26-54(53)59(57)48-31-30-40-16-6-7-21-44(40)37-48)22-14-15-38-27-32-51-52(33-38)55(41-17-4-3-5-18-41)49-23-10-11-24-50(49)56(51)46-29-28-45-34-42-19-8-9-20-43(42)35-47(45)36-46/h2-8,12-19,21,23-27,30-37,39H,1,9-11,20,22,28-29H2/b15-14+. The van der Waals surface area contributed by atoms with E-state index in [1.54, 1.807) is 0 Å². The fourth-order valence-electron chi connectivity index (χ4n) is 9.95. The van der Waals surface area contributed by atoms with Crippen LogP contribution in [0.1, 0.15) is 77.2 Å². The first-order valence-corrected chi connectivity index (χ1v) is 21.3. The molecule has 8 aromatic rings. The van der Waals surface area contributed by atoms with Gasteiger partial charge < -0.3 is 0 Å². The van der Waals surface area contributed by atoms with E-state index in [0.717, 1.165) is 67.5 Å². The molecule has 11 rings (SSSR count). The zero-order chi connectivity index (χ0) is 39.3. The fraction of sp³-hybridized carbons (Fsp3) is 0.140. The summed E-state index contributed by atoms with van der Waals surface area (Å²) in [6.45, 7) is 4.33. The number of aryl methyl sites for hydroxylation is 2. The highest BCUT2D eigenvalue weighted by molar-refractivity contribution is 6.06. The average molecular weight is 759 g/mol. The Bertz CT molecular complexity index is 3210. The maximum absolute atomic E-state index is 5.23. The Balaban J connectivity index is 1.01. The third-order valence-electron chi connectivity index (χ3n) is 12.8. The van der Waals surface area contributed by atoms with Gasteiger partial charge in [-0.25, -0.2) is 4.98 Å². The minimum atomic E-state index is 0.0250. The SMILES string of the molecule is C=CC(C/C=C/c1ccc2c(C3=Cc4cc5c(cc4CC3)C=CCC5)c3c(c(-c4ccccc4)c2c1)=CCCC=3)c1nc2ccccc2n1-c1ccc2ccccc2c1. The maximum Gasteiger partial charge on any atom is 0.121 e. The van der Waals surface area contributed by atoms with Crippen LogP contribution in [0.15, 0.2) is 152 Å². The van der Waals surface area contributed by atoms with Crippen molar-refractivity contribution < 1.29 is 0 Å². The molecule has 0 spiro atoms. The first kappa shape index (κ1) is 35.4. The second-order valence-electron chi connectivity index (χ2n) is 16.4. The summed E-state index contributed by atoms with van der Waals surface area (Å²) in [6.07, 6.45) is 26.1. The van der Waals surface area contributed by atoms with Crippen molar-refractivity contribution in [2.45, 2.75) is 50.9 Å². The molecular weight excluding hydrogens is 713 g/mol. The second kappa shape index (κ2) is 14.9. The van der Waals surface area contributed by atoms with E-state index in [0.29, 0.717) is 0 Å². The molecule has 0 bridgehead atoms. The third kappa shape index (κ3) is 6.31. The molecule has 0 saturated heterocycles. The molecular formula is C57H46N2. The summed E-state index contributed by atoms with van der Waals surface area (Å²) in [6, 6.07) is 46.8. The van der Waals surface area contributed by atoms with Crippen LogP contribution in [0.2, 0.25) is 0 Å². The minimum absolute atomic E-state index is 0.0250. The number of rotatable bonds is 8. The van der Waals surface area contributed by atoms with Gasteiger partial charge in [0.05, 0.1) is 11.0 Å². The van der Waals surface area contributed by atoms with Crippen LogP contribution in [-0.2, 0) is 12.8 Å². The van der Waals surface area contributed by atoms with Gasteiger partial charge in [0, 0.05) is 11.6 Å². The molecule has 2 heteroatoms. The summed E-state index contributed by atoms with van der Waals surface area (Å²) < 4.78 is 2.33. The van der Waals surface area contributed by atoms with Crippen molar-refractivity contribution in [3.63, 3.8) is 0 Å². The highest BCUT2D eigenvalue weighted by atomic mass is 15.1. The van der Waals surface area contributed by atoms with E-state index in [9.17, 15) is 0 Å². The van der Waals surface area contributed by atoms with Crippen molar-refractivity contribution in [3.05, 3.63) is 202 Å². The molecule has 1 unspecified atom stereocenters. The largest absolute Gasteiger partial charge is 0.296 e. The van der Waals surface area contributed by atoms with Gasteiger partial charge in [-0.2, -0.15) is 0 Å². The molecule has 2 nitrogen and oxygen atoms in total. The maximum atomic E-state index is 5.23. The summed E-state index contributed by atoms with van der Waals surface area (Å²) in [5.74, 6) is 1.03. The van der Waals surface area contributed by atoms with E-state index in [4.69, 9.17) is 4.98 Å². The molecule has 0 amide bonds. The van der Waals surface area contributed by atoms with Crippen molar-refractivity contribution in [3.8, 4) is 16.8 Å². The number of nitrogens with zero attached hydrogens (tertiary/aromatic N) is 2. The normalized spacial score (nSPS) is 15.0. The van der Waals surface area contributed by atoms with Crippen molar-refractivity contribution in [2.75, 3.05) is 0 Å². The van der Waals surface area contributed by atoms with Crippen molar-refractivity contribution in [2.24, 2.45) is 0 Å². The highest BCUT2D eigenvalue weighted by Crippen LogP contribution is 2.38. The first-order valence-electron chi connectivity index (χ1n) is 21.3. The lowest BCUT2D eigenvalue weighted by Gasteiger charge is -2.24. The van der Waals surface area contributed by atoms with Crippen LogP contribution in [0.25, 0.3) is 85.3 Å². The van der Waals surface area contributed by atoms with Gasteiger partial charge in [-0.05, 0) is 157 Å². The van der Waals surface area contributed by atoms with Crippen LogP contribution in [0.5, 0.6) is 0 Å². The predicted octanol–water partition coefficient (Wildman–Crippen LogP) is 13.2. The van der Waals surface area contributed by atoms with E-state index in [1.165, 1.54) is 82.1 Å². The smallest absolute Gasteiger partial charge is 0.121 e. The highest BCUT2D eigenvalue weighted by Gasteiger charge is 2.22. The van der Waals surface area contributed by atoms with E-state index >= 15 is 0 Å². The molecule has 0 fully saturated rings. The van der Waals surface area contributed by atoms with Gasteiger partial charge in [-0.15, -0.1) is 6.58 Å². The molecule has 0 aliphatic heterocycles. The van der Waals surface area contributed by atoms with E-state index < -0.39 is 0 Å². The van der Waals surface area contributed by atoms with E-state index in [-0.39, 0.29) is 5.92 Å². The number of benzene rings is 7. The molecule has 0 saturated carbocycles. The summed E-state index contributed by atoms with van der Waals surface area (Å²) in [5.41, 5.74) is 15.7. The van der Waals surface area contributed by atoms with Gasteiger partial charge >= 0.3 is 0 Å². The Morgan fingerprint density at radius 2 is 1.44 bits per heavy atom. The molecule has 3 aliphatic carbocycles. The van der Waals surface area contributed by atoms with Crippen LogP contribution >= 0.6 is 0 Å². The summed E-state index contributed by atoms with van der Waals surface area (Å²) in [7, 11) is 0. The van der Waals surface area contributed by atoms with Crippen LogP contribution in [0.4, 0.5) is 0 Å². The first-order chi connectivity index (χ1) is 29.2. The molecule has 284 valence electrons. The zero-order valence-electron chi connectivity index (χ0n) is 33.4. The number of aromatic nitrogens is 2. The Morgan fingerprint density at radius 1 is 0.661 bits per heavy atom. The molecule has 1 aromatic heterocycles. The van der Waals surface area contributed by atoms with E-state index in [1.807, 2.05) is 0 Å². The van der Waals surface area contributed by atoms with Crippen molar-refractivity contribution >= 4 is 68.5 Å².